The molecule has 0 atom stereocenters. The van der Waals surface area contributed by atoms with Crippen molar-refractivity contribution in [2.24, 2.45) is 0 Å². The van der Waals surface area contributed by atoms with Crippen molar-refractivity contribution in [3.05, 3.63) is 48.6 Å². The summed E-state index contributed by atoms with van der Waals surface area (Å²) in [6.07, 6.45) is 4.84. The van der Waals surface area contributed by atoms with Crippen molar-refractivity contribution < 1.29 is 4.74 Å². The van der Waals surface area contributed by atoms with Gasteiger partial charge in [-0.15, -0.1) is 0 Å². The minimum absolute atomic E-state index is 0.752. The van der Waals surface area contributed by atoms with Crippen LogP contribution in [-0.4, -0.2) is 26.4 Å². The lowest BCUT2D eigenvalue weighted by molar-refractivity contribution is 0.415. The van der Waals surface area contributed by atoms with Crippen LogP contribution >= 0.6 is 0 Å². The lowest BCUT2D eigenvalue weighted by Gasteiger charge is -2.23. The monoisotopic (exact) mass is 244 g/mol. The van der Waals surface area contributed by atoms with Crippen LogP contribution in [0.1, 0.15) is 6.92 Å². The number of hydrogen-bond acceptors (Lipinski definition) is 3. The van der Waals surface area contributed by atoms with Gasteiger partial charge in [0.15, 0.2) is 0 Å². The average molecular weight is 244 g/mol. The highest BCUT2D eigenvalue weighted by atomic mass is 16.5. The van der Waals surface area contributed by atoms with Crippen molar-refractivity contribution in [2.45, 2.75) is 6.92 Å². The van der Waals surface area contributed by atoms with Crippen molar-refractivity contribution in [3.8, 4) is 5.75 Å². The Kier molecular flexibility index (Phi) is 5.71. The zero-order valence-corrected chi connectivity index (χ0v) is 11.0. The normalized spacial score (nSPS) is 10.9. The van der Waals surface area contributed by atoms with E-state index in [1.165, 1.54) is 6.21 Å². The number of hydrogen-bond donors (Lipinski definition) is 1. The van der Waals surface area contributed by atoms with Crippen LogP contribution in [0.2, 0.25) is 0 Å². The maximum atomic E-state index is 7.11. The fourth-order valence-electron chi connectivity index (χ4n) is 1.69. The van der Waals surface area contributed by atoms with Crippen LogP contribution in [0.25, 0.3) is 0 Å². The number of allylic oxidation sites excluding steroid dienone is 1. The van der Waals surface area contributed by atoms with Gasteiger partial charge < -0.3 is 15.0 Å². The first-order valence-corrected chi connectivity index (χ1v) is 5.96. The molecule has 3 heteroatoms. The van der Waals surface area contributed by atoms with Crippen LogP contribution in [0, 0.1) is 5.41 Å². The lowest BCUT2D eigenvalue weighted by Crippen LogP contribution is -2.24. The van der Waals surface area contributed by atoms with Gasteiger partial charge in [-0.2, -0.15) is 0 Å². The number of likely N-dealkylation sites (N-methyl/N-ethyl adjacent to an activating group) is 1. The molecule has 0 saturated heterocycles. The van der Waals surface area contributed by atoms with Crippen LogP contribution in [0.3, 0.4) is 0 Å². The third kappa shape index (κ3) is 3.77. The highest BCUT2D eigenvalue weighted by Gasteiger charge is 2.05. The second-order valence-electron chi connectivity index (χ2n) is 3.82. The Morgan fingerprint density at radius 1 is 1.39 bits per heavy atom. The maximum absolute atomic E-state index is 7.11. The molecule has 0 bridgehead atoms. The van der Waals surface area contributed by atoms with Crippen molar-refractivity contribution >= 4 is 11.9 Å². The molecule has 0 aliphatic heterocycles. The summed E-state index contributed by atoms with van der Waals surface area (Å²) in [5.74, 6) is 0.855. The van der Waals surface area contributed by atoms with Gasteiger partial charge >= 0.3 is 0 Å². The Hall–Kier alpha value is -2.03. The molecule has 0 unspecified atom stereocenters. The average Bonchev–Trinajstić information content (AvgIpc) is 2.43. The van der Waals surface area contributed by atoms with Crippen LogP contribution in [0.4, 0.5) is 5.69 Å². The summed E-state index contributed by atoms with van der Waals surface area (Å²) < 4.78 is 5.15. The summed E-state index contributed by atoms with van der Waals surface area (Å²) in [5, 5.41) is 7.11. The molecule has 0 fully saturated rings. The Morgan fingerprint density at radius 2 is 2.06 bits per heavy atom. The van der Waals surface area contributed by atoms with Gasteiger partial charge in [0.2, 0.25) is 0 Å². The van der Waals surface area contributed by atoms with E-state index < -0.39 is 0 Å². The molecule has 0 spiro atoms. The predicted molar refractivity (Wildman–Crippen MR) is 77.9 cm³/mol. The Bertz CT molecular complexity index is 421. The van der Waals surface area contributed by atoms with E-state index in [1.54, 1.807) is 19.3 Å². The Balaban J connectivity index is 2.84. The van der Waals surface area contributed by atoms with E-state index in [4.69, 9.17) is 10.1 Å². The predicted octanol–water partition coefficient (Wildman–Crippen LogP) is 3.28. The summed E-state index contributed by atoms with van der Waals surface area (Å²) in [6, 6.07) is 7.97. The Labute approximate surface area is 109 Å². The van der Waals surface area contributed by atoms with E-state index in [1.807, 2.05) is 24.3 Å². The van der Waals surface area contributed by atoms with E-state index >= 15 is 0 Å². The summed E-state index contributed by atoms with van der Waals surface area (Å²) in [7, 11) is 1.66. The molecular formula is C15H20N2O. The van der Waals surface area contributed by atoms with Gasteiger partial charge in [-0.1, -0.05) is 12.7 Å². The molecular weight excluding hydrogens is 224 g/mol. The molecule has 0 amide bonds. The van der Waals surface area contributed by atoms with Crippen LogP contribution in [0.15, 0.2) is 48.6 Å². The van der Waals surface area contributed by atoms with Gasteiger partial charge in [-0.25, -0.2) is 0 Å². The van der Waals surface area contributed by atoms with E-state index in [9.17, 15) is 0 Å². The molecule has 1 aromatic rings. The van der Waals surface area contributed by atoms with Gasteiger partial charge in [-0.3, -0.25) is 0 Å². The molecule has 3 nitrogen and oxygen atoms in total. The van der Waals surface area contributed by atoms with Gasteiger partial charge in [0, 0.05) is 25.0 Å². The molecule has 0 aliphatic carbocycles. The number of nitrogens with one attached hydrogen (secondary N) is 1. The molecule has 1 rings (SSSR count). The minimum Gasteiger partial charge on any atom is -0.497 e. The summed E-state index contributed by atoms with van der Waals surface area (Å²) in [4.78, 5) is 2.22. The first kappa shape index (κ1) is 14.0. The fraction of sp³-hybridized carbons (Fsp3) is 0.267. The maximum Gasteiger partial charge on any atom is 0.119 e. The molecule has 1 N–H and O–H groups in total. The molecule has 1 aromatic carbocycles. The molecule has 18 heavy (non-hydrogen) atoms. The van der Waals surface area contributed by atoms with Crippen molar-refractivity contribution in [1.29, 1.82) is 5.41 Å². The SMILES string of the molecule is C=C/C(=C\C=N)CN(CC)c1ccc(OC)cc1. The third-order valence-corrected chi connectivity index (χ3v) is 2.75. The van der Waals surface area contributed by atoms with Crippen LogP contribution < -0.4 is 9.64 Å². The van der Waals surface area contributed by atoms with Gasteiger partial charge in [0.25, 0.3) is 0 Å². The smallest absolute Gasteiger partial charge is 0.119 e. The van der Waals surface area contributed by atoms with E-state index in [2.05, 4.69) is 18.4 Å². The number of benzene rings is 1. The fourth-order valence-corrected chi connectivity index (χ4v) is 1.69. The molecule has 0 radical (unpaired) electrons. The first-order chi connectivity index (χ1) is 8.74. The number of rotatable bonds is 7. The minimum atomic E-state index is 0.752. The topological polar surface area (TPSA) is 36.3 Å². The van der Waals surface area contributed by atoms with Crippen molar-refractivity contribution in [1.82, 2.24) is 0 Å². The summed E-state index contributed by atoms with van der Waals surface area (Å²) in [6.45, 7) is 7.53. The standard InChI is InChI=1S/C15H20N2O/c1-4-13(10-11-16)12-17(5-2)14-6-8-15(18-3)9-7-14/h4,6-11,16H,1,5,12H2,2-3H3/b13-10+,16-11?. The lowest BCUT2D eigenvalue weighted by atomic mass is 10.2. The number of nitrogens with zero attached hydrogens (tertiary/aromatic N) is 1. The largest absolute Gasteiger partial charge is 0.497 e. The summed E-state index contributed by atoms with van der Waals surface area (Å²) in [5.41, 5.74) is 2.17. The zero-order chi connectivity index (χ0) is 13.4. The van der Waals surface area contributed by atoms with Gasteiger partial charge in [0.05, 0.1) is 7.11 Å². The molecule has 0 saturated carbocycles. The molecule has 0 aliphatic rings. The van der Waals surface area contributed by atoms with Gasteiger partial charge in [-0.05, 0) is 42.8 Å². The second-order valence-corrected chi connectivity index (χ2v) is 3.82. The van der Waals surface area contributed by atoms with E-state index in [0.717, 1.165) is 30.1 Å². The molecule has 96 valence electrons. The molecule has 0 aromatic heterocycles. The first-order valence-electron chi connectivity index (χ1n) is 5.96. The van der Waals surface area contributed by atoms with E-state index in [-0.39, 0.29) is 0 Å². The second kappa shape index (κ2) is 7.33. The zero-order valence-electron chi connectivity index (χ0n) is 11.0. The highest BCUT2D eigenvalue weighted by Crippen LogP contribution is 2.20. The Morgan fingerprint density at radius 3 is 2.50 bits per heavy atom. The number of ether oxygens (including phenoxy) is 1. The number of methoxy groups -OCH3 is 1. The quantitative estimate of drug-likeness (QED) is 0.590. The van der Waals surface area contributed by atoms with Crippen LogP contribution in [0.5, 0.6) is 5.75 Å². The number of anilines is 1. The van der Waals surface area contributed by atoms with Crippen molar-refractivity contribution in [2.75, 3.05) is 25.1 Å². The van der Waals surface area contributed by atoms with Crippen LogP contribution in [-0.2, 0) is 0 Å². The summed E-state index contributed by atoms with van der Waals surface area (Å²) >= 11 is 0. The third-order valence-electron chi connectivity index (χ3n) is 2.75. The molecule has 0 heterocycles. The van der Waals surface area contributed by atoms with Crippen molar-refractivity contribution in [3.63, 3.8) is 0 Å². The van der Waals surface area contributed by atoms with E-state index in [0.29, 0.717) is 0 Å². The highest BCUT2D eigenvalue weighted by molar-refractivity contribution is 5.70. The van der Waals surface area contributed by atoms with Gasteiger partial charge in [0.1, 0.15) is 5.75 Å².